The van der Waals surface area contributed by atoms with Gasteiger partial charge >= 0.3 is 20.6 Å². The normalized spacial score (nSPS) is 12.5. The van der Waals surface area contributed by atoms with E-state index in [9.17, 15) is 16.8 Å². The molecule has 11 heteroatoms. The third-order valence-corrected chi connectivity index (χ3v) is 4.72. The Morgan fingerprint density at radius 1 is 1.00 bits per heavy atom. The zero-order chi connectivity index (χ0) is 13.4. The predicted octanol–water partition coefficient (Wildman–Crippen LogP) is 1.41. The van der Waals surface area contributed by atoms with E-state index in [0.29, 0.717) is 0 Å². The van der Waals surface area contributed by atoms with Crippen molar-refractivity contribution < 1.29 is 25.9 Å². The monoisotopic (exact) mass is 321 g/mol. The summed E-state index contributed by atoms with van der Waals surface area (Å²) in [6.45, 7) is 0. The number of halogens is 2. The van der Waals surface area contributed by atoms with Crippen molar-refractivity contribution in [3.8, 4) is 0 Å². The fourth-order valence-corrected chi connectivity index (χ4v) is 3.23. The van der Waals surface area contributed by atoms with Gasteiger partial charge in [0.2, 0.25) is 0 Å². The minimum atomic E-state index is -5.26. The Morgan fingerprint density at radius 3 is 1.88 bits per heavy atom. The van der Waals surface area contributed by atoms with Gasteiger partial charge in [-0.1, -0.05) is 29.3 Å². The standard InChI is InChI=1S/C6H5Cl2NO6S2/c7-4-2-1-3-5(6(4)8)9(16(10,11)12)17(13,14)15/h1-3H,(H,10,11,12)(H,13,14,15). The Hall–Kier alpha value is -0.580. The first-order chi connectivity index (χ1) is 7.55. The van der Waals surface area contributed by atoms with Gasteiger partial charge in [-0.15, -0.1) is 3.71 Å². The smallest absolute Gasteiger partial charge is 0.268 e. The number of hydrogen-bond acceptors (Lipinski definition) is 4. The molecule has 1 aromatic rings. The molecule has 0 aromatic heterocycles. The zero-order valence-corrected chi connectivity index (χ0v) is 10.9. The second-order valence-corrected chi connectivity index (χ2v) is 6.26. The molecule has 0 aliphatic heterocycles. The van der Waals surface area contributed by atoms with Gasteiger partial charge < -0.3 is 0 Å². The molecular formula is C6H5Cl2NO6S2. The molecule has 2 N–H and O–H groups in total. The molecule has 0 spiro atoms. The number of benzene rings is 1. The van der Waals surface area contributed by atoms with Crippen LogP contribution in [0.25, 0.3) is 0 Å². The van der Waals surface area contributed by atoms with Crippen LogP contribution in [0.4, 0.5) is 5.69 Å². The first kappa shape index (κ1) is 14.5. The molecule has 0 fully saturated rings. The van der Waals surface area contributed by atoms with E-state index in [1.165, 1.54) is 12.1 Å². The molecule has 0 aliphatic carbocycles. The Bertz CT molecular complexity index is 608. The topological polar surface area (TPSA) is 112 Å². The maximum Gasteiger partial charge on any atom is 0.375 e. The average molecular weight is 322 g/mol. The van der Waals surface area contributed by atoms with Crippen LogP contribution < -0.4 is 3.71 Å². The molecule has 7 nitrogen and oxygen atoms in total. The number of hydrogen-bond donors (Lipinski definition) is 2. The van der Waals surface area contributed by atoms with E-state index >= 15 is 0 Å². The van der Waals surface area contributed by atoms with Gasteiger partial charge in [0.1, 0.15) is 0 Å². The summed E-state index contributed by atoms with van der Waals surface area (Å²) in [5.41, 5.74) is -0.691. The molecule has 0 atom stereocenters. The molecule has 0 heterocycles. The molecule has 0 saturated heterocycles. The van der Waals surface area contributed by atoms with Crippen LogP contribution in [0.1, 0.15) is 0 Å². The van der Waals surface area contributed by atoms with Gasteiger partial charge in [0.15, 0.2) is 0 Å². The van der Waals surface area contributed by atoms with Crippen LogP contribution in [0.5, 0.6) is 0 Å². The van der Waals surface area contributed by atoms with Gasteiger partial charge in [-0.05, 0) is 12.1 Å². The van der Waals surface area contributed by atoms with Crippen molar-refractivity contribution in [1.82, 2.24) is 0 Å². The molecule has 0 aliphatic rings. The molecule has 17 heavy (non-hydrogen) atoms. The van der Waals surface area contributed by atoms with Crippen LogP contribution in [0.3, 0.4) is 0 Å². The van der Waals surface area contributed by atoms with E-state index in [2.05, 4.69) is 0 Å². The molecule has 0 saturated carbocycles. The van der Waals surface area contributed by atoms with Crippen molar-refractivity contribution in [2.24, 2.45) is 0 Å². The summed E-state index contributed by atoms with van der Waals surface area (Å²) in [5.74, 6) is 0. The van der Waals surface area contributed by atoms with Crippen LogP contribution in [-0.2, 0) is 20.6 Å². The van der Waals surface area contributed by atoms with Crippen LogP contribution >= 0.6 is 23.2 Å². The van der Waals surface area contributed by atoms with Gasteiger partial charge in [-0.2, -0.15) is 16.8 Å². The van der Waals surface area contributed by atoms with Crippen LogP contribution in [0.2, 0.25) is 10.0 Å². The van der Waals surface area contributed by atoms with Gasteiger partial charge in [-0.25, -0.2) is 0 Å². The number of rotatable bonds is 3. The lowest BCUT2D eigenvalue weighted by Gasteiger charge is -2.18. The van der Waals surface area contributed by atoms with Crippen LogP contribution in [0, 0.1) is 0 Å². The summed E-state index contributed by atoms with van der Waals surface area (Å²) >= 11 is 11.1. The van der Waals surface area contributed by atoms with E-state index in [-0.39, 0.29) is 5.02 Å². The Morgan fingerprint density at radius 2 is 1.47 bits per heavy atom. The quantitative estimate of drug-likeness (QED) is 0.814. The summed E-state index contributed by atoms with van der Waals surface area (Å²) in [4.78, 5) is 0. The average Bonchev–Trinajstić information content (AvgIpc) is 2.08. The van der Waals surface area contributed by atoms with Gasteiger partial charge in [-0.3, -0.25) is 9.11 Å². The maximum absolute atomic E-state index is 10.9. The number of anilines is 1. The summed E-state index contributed by atoms with van der Waals surface area (Å²) in [5, 5.41) is -0.606. The highest BCUT2D eigenvalue weighted by molar-refractivity contribution is 8.05. The Kier molecular flexibility index (Phi) is 3.91. The lowest BCUT2D eigenvalue weighted by molar-refractivity contribution is 0.466. The van der Waals surface area contributed by atoms with Crippen molar-refractivity contribution in [2.75, 3.05) is 3.71 Å². The van der Waals surface area contributed by atoms with E-state index < -0.39 is 35.0 Å². The highest BCUT2D eigenvalue weighted by Crippen LogP contribution is 2.34. The van der Waals surface area contributed by atoms with Crippen molar-refractivity contribution >= 4 is 49.5 Å². The molecule has 0 radical (unpaired) electrons. The first-order valence-electron chi connectivity index (χ1n) is 3.74. The fourth-order valence-electron chi connectivity index (χ4n) is 1.00. The zero-order valence-electron chi connectivity index (χ0n) is 7.78. The molecule has 0 bridgehead atoms. The van der Waals surface area contributed by atoms with E-state index in [0.717, 1.165) is 6.07 Å². The third-order valence-electron chi connectivity index (χ3n) is 1.55. The summed E-state index contributed by atoms with van der Waals surface area (Å²) < 4.78 is 60.4. The van der Waals surface area contributed by atoms with Gasteiger partial charge in [0.25, 0.3) is 0 Å². The second-order valence-electron chi connectivity index (χ2n) is 2.73. The van der Waals surface area contributed by atoms with Gasteiger partial charge in [0, 0.05) is 0 Å². The van der Waals surface area contributed by atoms with Crippen molar-refractivity contribution in [3.05, 3.63) is 28.2 Å². The van der Waals surface area contributed by atoms with Crippen molar-refractivity contribution in [3.63, 3.8) is 0 Å². The summed E-state index contributed by atoms with van der Waals surface area (Å²) in [6, 6.07) is 3.39. The predicted molar refractivity (Wildman–Crippen MR) is 62.0 cm³/mol. The minimum Gasteiger partial charge on any atom is -0.268 e. The molecule has 1 aromatic carbocycles. The third kappa shape index (κ3) is 3.21. The molecule has 0 amide bonds. The maximum atomic E-state index is 10.9. The Balaban J connectivity index is 3.62. The lowest BCUT2D eigenvalue weighted by Crippen LogP contribution is -2.36. The SMILES string of the molecule is O=S(=O)(O)N(c1cccc(Cl)c1Cl)S(=O)(=O)O. The molecule has 1 rings (SSSR count). The van der Waals surface area contributed by atoms with Crippen LogP contribution in [-0.4, -0.2) is 25.9 Å². The largest absolute Gasteiger partial charge is 0.375 e. The second kappa shape index (κ2) is 4.59. The number of nitrogens with zero attached hydrogens (tertiary/aromatic N) is 1. The highest BCUT2D eigenvalue weighted by Gasteiger charge is 2.33. The van der Waals surface area contributed by atoms with Gasteiger partial charge in [0.05, 0.1) is 15.7 Å². The summed E-state index contributed by atoms with van der Waals surface area (Å²) in [6.07, 6.45) is 0. The van der Waals surface area contributed by atoms with E-state index in [1.807, 2.05) is 0 Å². The molecule has 96 valence electrons. The minimum absolute atomic E-state index is 0.151. The first-order valence-corrected chi connectivity index (χ1v) is 7.29. The van der Waals surface area contributed by atoms with Crippen LogP contribution in [0.15, 0.2) is 18.2 Å². The highest BCUT2D eigenvalue weighted by atomic mass is 35.5. The fraction of sp³-hybridized carbons (Fsp3) is 0. The van der Waals surface area contributed by atoms with E-state index in [1.54, 1.807) is 0 Å². The molecule has 0 unspecified atom stereocenters. The summed E-state index contributed by atoms with van der Waals surface area (Å²) in [7, 11) is -10.5. The Labute approximate surface area is 107 Å². The lowest BCUT2D eigenvalue weighted by atomic mass is 10.3. The van der Waals surface area contributed by atoms with Crippen molar-refractivity contribution in [1.29, 1.82) is 0 Å². The van der Waals surface area contributed by atoms with E-state index in [4.69, 9.17) is 32.3 Å². The molecular weight excluding hydrogens is 317 g/mol. The van der Waals surface area contributed by atoms with Crippen molar-refractivity contribution in [2.45, 2.75) is 0 Å².